The van der Waals surface area contributed by atoms with Gasteiger partial charge in [0.2, 0.25) is 0 Å². The van der Waals surface area contributed by atoms with Crippen LogP contribution in [-0.4, -0.2) is 32.3 Å². The largest absolute Gasteiger partial charge is 0.493 e. The minimum absolute atomic E-state index is 0.0814. The molecule has 0 spiro atoms. The van der Waals surface area contributed by atoms with Gasteiger partial charge in [-0.05, 0) is 24.6 Å². The molecular weight excluding hydrogens is 326 g/mol. The average Bonchev–Trinajstić information content (AvgIpc) is 2.70. The smallest absolute Gasteiger partial charge is 0.191 e. The number of para-hydroxylation sites is 2. The molecule has 2 aromatic rings. The van der Waals surface area contributed by atoms with E-state index >= 15 is 0 Å². The predicted octanol–water partition coefficient (Wildman–Crippen LogP) is 3.53. The zero-order valence-electron chi connectivity index (χ0n) is 15.4. The van der Waals surface area contributed by atoms with E-state index in [0.29, 0.717) is 13.2 Å². The fraction of sp³-hybridized carbons (Fsp3) is 0.381. The summed E-state index contributed by atoms with van der Waals surface area (Å²) < 4.78 is 11.8. The molecule has 5 nitrogen and oxygen atoms in total. The molecule has 26 heavy (non-hydrogen) atoms. The van der Waals surface area contributed by atoms with E-state index in [9.17, 15) is 0 Å². The van der Waals surface area contributed by atoms with E-state index in [1.165, 1.54) is 5.56 Å². The summed E-state index contributed by atoms with van der Waals surface area (Å²) in [7, 11) is 1.79. The lowest BCUT2D eigenvalue weighted by atomic mass is 10.0. The molecular formula is C21H27N3O2. The lowest BCUT2D eigenvalue weighted by Crippen LogP contribution is -2.44. The molecule has 0 bridgehead atoms. The van der Waals surface area contributed by atoms with Gasteiger partial charge < -0.3 is 20.1 Å². The van der Waals surface area contributed by atoms with Crippen LogP contribution >= 0.6 is 0 Å². The van der Waals surface area contributed by atoms with Gasteiger partial charge in [-0.15, -0.1) is 0 Å². The molecule has 0 aromatic heterocycles. The fourth-order valence-corrected chi connectivity index (χ4v) is 3.02. The minimum atomic E-state index is 0.0814. The van der Waals surface area contributed by atoms with Crippen molar-refractivity contribution in [2.45, 2.75) is 31.9 Å². The van der Waals surface area contributed by atoms with Crippen molar-refractivity contribution >= 4 is 5.96 Å². The van der Waals surface area contributed by atoms with Crippen LogP contribution in [-0.2, 0) is 0 Å². The van der Waals surface area contributed by atoms with E-state index in [2.05, 4.69) is 28.6 Å². The van der Waals surface area contributed by atoms with Gasteiger partial charge in [-0.3, -0.25) is 4.99 Å². The molecule has 0 saturated heterocycles. The summed E-state index contributed by atoms with van der Waals surface area (Å²) in [5.74, 6) is 2.62. The number of ether oxygens (including phenoxy) is 2. The van der Waals surface area contributed by atoms with Gasteiger partial charge in [0.15, 0.2) is 5.96 Å². The van der Waals surface area contributed by atoms with E-state index in [4.69, 9.17) is 9.47 Å². The zero-order valence-corrected chi connectivity index (χ0v) is 15.4. The topological polar surface area (TPSA) is 54.9 Å². The van der Waals surface area contributed by atoms with E-state index in [0.717, 1.165) is 30.3 Å². The van der Waals surface area contributed by atoms with Crippen LogP contribution in [0.3, 0.4) is 0 Å². The van der Waals surface area contributed by atoms with Crippen LogP contribution in [0.1, 0.15) is 31.4 Å². The van der Waals surface area contributed by atoms with Crippen molar-refractivity contribution in [2.24, 2.45) is 4.99 Å². The van der Waals surface area contributed by atoms with Crippen molar-refractivity contribution in [3.63, 3.8) is 0 Å². The van der Waals surface area contributed by atoms with Crippen LogP contribution in [0.15, 0.2) is 59.6 Å². The van der Waals surface area contributed by atoms with Gasteiger partial charge in [-0.1, -0.05) is 43.3 Å². The Kier molecular flexibility index (Phi) is 6.36. The molecule has 1 aliphatic heterocycles. The third-order valence-electron chi connectivity index (χ3n) is 4.49. The van der Waals surface area contributed by atoms with Crippen molar-refractivity contribution in [1.82, 2.24) is 10.6 Å². The van der Waals surface area contributed by atoms with Gasteiger partial charge >= 0.3 is 0 Å². The second kappa shape index (κ2) is 9.13. The highest BCUT2D eigenvalue weighted by Crippen LogP contribution is 2.31. The maximum absolute atomic E-state index is 6.04. The summed E-state index contributed by atoms with van der Waals surface area (Å²) in [6, 6.07) is 18.3. The number of rotatable bonds is 6. The third kappa shape index (κ3) is 4.69. The fourth-order valence-electron chi connectivity index (χ4n) is 3.02. The van der Waals surface area contributed by atoms with Crippen molar-refractivity contribution in [1.29, 1.82) is 0 Å². The Bertz CT molecular complexity index is 718. The summed E-state index contributed by atoms with van der Waals surface area (Å²) in [5, 5.41) is 6.90. The van der Waals surface area contributed by atoms with E-state index in [-0.39, 0.29) is 12.1 Å². The highest BCUT2D eigenvalue weighted by Gasteiger charge is 2.22. The van der Waals surface area contributed by atoms with Crippen LogP contribution in [0, 0.1) is 0 Å². The number of hydrogen-bond acceptors (Lipinski definition) is 3. The first kappa shape index (κ1) is 18.1. The summed E-state index contributed by atoms with van der Waals surface area (Å²) in [6.45, 7) is 3.52. The molecule has 3 rings (SSSR count). The van der Waals surface area contributed by atoms with Crippen LogP contribution in [0.4, 0.5) is 0 Å². The van der Waals surface area contributed by atoms with E-state index in [1.807, 2.05) is 48.5 Å². The standard InChI is InChI=1S/C21H27N3O2/c1-3-16(26-17-9-5-4-6-10-17)15-23-21(22-2)24-19-13-14-25-20-12-8-7-11-18(19)20/h4-12,16,19H,3,13-15H2,1-2H3,(H2,22,23,24). The Balaban J connectivity index is 1.56. The molecule has 0 radical (unpaired) electrons. The maximum Gasteiger partial charge on any atom is 0.191 e. The van der Waals surface area contributed by atoms with Crippen LogP contribution < -0.4 is 20.1 Å². The Labute approximate surface area is 155 Å². The van der Waals surface area contributed by atoms with Crippen LogP contribution in [0.2, 0.25) is 0 Å². The van der Waals surface area contributed by atoms with Crippen molar-refractivity contribution < 1.29 is 9.47 Å². The molecule has 0 saturated carbocycles. The molecule has 0 amide bonds. The second-order valence-electron chi connectivity index (χ2n) is 6.29. The van der Waals surface area contributed by atoms with Gasteiger partial charge in [-0.2, -0.15) is 0 Å². The van der Waals surface area contributed by atoms with Gasteiger partial charge in [0.1, 0.15) is 17.6 Å². The summed E-state index contributed by atoms with van der Waals surface area (Å²) in [5.41, 5.74) is 1.18. The SMILES string of the molecule is CCC(CNC(=NC)NC1CCOc2ccccc21)Oc1ccccc1. The molecule has 2 aromatic carbocycles. The van der Waals surface area contributed by atoms with Crippen LogP contribution in [0.5, 0.6) is 11.5 Å². The number of guanidine groups is 1. The first-order valence-corrected chi connectivity index (χ1v) is 9.20. The molecule has 0 aliphatic carbocycles. The van der Waals surface area contributed by atoms with E-state index < -0.39 is 0 Å². The van der Waals surface area contributed by atoms with Crippen molar-refractivity contribution in [3.05, 3.63) is 60.2 Å². The highest BCUT2D eigenvalue weighted by molar-refractivity contribution is 5.80. The molecule has 138 valence electrons. The molecule has 5 heteroatoms. The Morgan fingerprint density at radius 1 is 1.19 bits per heavy atom. The van der Waals surface area contributed by atoms with Gasteiger partial charge in [0.25, 0.3) is 0 Å². The minimum Gasteiger partial charge on any atom is -0.493 e. The molecule has 0 fully saturated rings. The normalized spacial score (nSPS) is 17.6. The third-order valence-corrected chi connectivity index (χ3v) is 4.49. The molecule has 2 atom stereocenters. The van der Waals surface area contributed by atoms with Gasteiger partial charge in [0.05, 0.1) is 19.2 Å². The second-order valence-corrected chi connectivity index (χ2v) is 6.29. The summed E-state index contributed by atoms with van der Waals surface area (Å²) in [4.78, 5) is 4.37. The predicted molar refractivity (Wildman–Crippen MR) is 105 cm³/mol. The lowest BCUT2D eigenvalue weighted by Gasteiger charge is -2.28. The van der Waals surface area contributed by atoms with Gasteiger partial charge in [-0.25, -0.2) is 0 Å². The molecule has 1 aliphatic rings. The first-order valence-electron chi connectivity index (χ1n) is 9.20. The first-order chi connectivity index (χ1) is 12.8. The summed E-state index contributed by atoms with van der Waals surface area (Å²) in [6.07, 6.45) is 1.91. The molecule has 2 unspecified atom stereocenters. The summed E-state index contributed by atoms with van der Waals surface area (Å²) >= 11 is 0. The zero-order chi connectivity index (χ0) is 18.2. The Morgan fingerprint density at radius 2 is 1.96 bits per heavy atom. The number of nitrogens with one attached hydrogen (secondary N) is 2. The van der Waals surface area contributed by atoms with Crippen LogP contribution in [0.25, 0.3) is 0 Å². The number of hydrogen-bond donors (Lipinski definition) is 2. The van der Waals surface area contributed by atoms with Crippen molar-refractivity contribution in [3.8, 4) is 11.5 Å². The Morgan fingerprint density at radius 3 is 2.73 bits per heavy atom. The number of nitrogens with zero attached hydrogens (tertiary/aromatic N) is 1. The molecule has 1 heterocycles. The number of aliphatic imine (C=N–C) groups is 1. The maximum atomic E-state index is 6.04. The lowest BCUT2D eigenvalue weighted by molar-refractivity contribution is 0.199. The molecule has 2 N–H and O–H groups in total. The number of benzene rings is 2. The van der Waals surface area contributed by atoms with Crippen molar-refractivity contribution in [2.75, 3.05) is 20.2 Å². The average molecular weight is 353 g/mol. The van der Waals surface area contributed by atoms with E-state index in [1.54, 1.807) is 7.05 Å². The monoisotopic (exact) mass is 353 g/mol. The quantitative estimate of drug-likeness (QED) is 0.616. The van der Waals surface area contributed by atoms with Gasteiger partial charge in [0, 0.05) is 19.0 Å². The highest BCUT2D eigenvalue weighted by atomic mass is 16.5. The Hall–Kier alpha value is -2.69. The number of fused-ring (bicyclic) bond motifs is 1.